The van der Waals surface area contributed by atoms with E-state index in [2.05, 4.69) is 10.6 Å². The highest BCUT2D eigenvalue weighted by Crippen LogP contribution is 2.23. The summed E-state index contributed by atoms with van der Waals surface area (Å²) >= 11 is 0. The third-order valence-electron chi connectivity index (χ3n) is 4.31. The predicted molar refractivity (Wildman–Crippen MR) is 108 cm³/mol. The van der Waals surface area contributed by atoms with Crippen molar-refractivity contribution in [3.05, 3.63) is 53.6 Å². The van der Waals surface area contributed by atoms with Gasteiger partial charge >= 0.3 is 0 Å². The molecule has 0 aliphatic carbocycles. The number of hydrogen-bond acceptors (Lipinski definition) is 4. The number of benzene rings is 2. The van der Waals surface area contributed by atoms with Crippen LogP contribution in [0, 0.1) is 13.8 Å². The molecule has 0 saturated carbocycles. The molecule has 0 unspecified atom stereocenters. The molecule has 0 aliphatic rings. The molecule has 144 valence electrons. The van der Waals surface area contributed by atoms with E-state index in [1.54, 1.807) is 24.1 Å². The van der Waals surface area contributed by atoms with Gasteiger partial charge in [0.1, 0.15) is 5.75 Å². The monoisotopic (exact) mass is 369 g/mol. The molecule has 0 aromatic heterocycles. The number of rotatable bonds is 8. The van der Waals surface area contributed by atoms with Crippen molar-refractivity contribution < 1.29 is 14.3 Å². The van der Waals surface area contributed by atoms with Crippen LogP contribution in [0.5, 0.6) is 5.75 Å². The Morgan fingerprint density at radius 1 is 0.926 bits per heavy atom. The van der Waals surface area contributed by atoms with Crippen molar-refractivity contribution in [3.8, 4) is 5.75 Å². The van der Waals surface area contributed by atoms with E-state index < -0.39 is 0 Å². The molecule has 6 nitrogen and oxygen atoms in total. The summed E-state index contributed by atoms with van der Waals surface area (Å²) in [4.78, 5) is 26.6. The van der Waals surface area contributed by atoms with Crippen molar-refractivity contribution in [2.45, 2.75) is 20.8 Å². The van der Waals surface area contributed by atoms with Gasteiger partial charge in [0.25, 0.3) is 0 Å². The van der Waals surface area contributed by atoms with Gasteiger partial charge in [0.15, 0.2) is 0 Å². The molecular formula is C21H27N3O3. The number of aryl methyl sites for hydroxylation is 2. The average Bonchev–Trinajstić information content (AvgIpc) is 2.64. The molecule has 2 N–H and O–H groups in total. The Bertz CT molecular complexity index is 785. The number of likely N-dealkylation sites (N-methyl/N-ethyl adjacent to an activating group) is 1. The van der Waals surface area contributed by atoms with Crippen molar-refractivity contribution in [1.29, 1.82) is 0 Å². The van der Waals surface area contributed by atoms with Gasteiger partial charge in [-0.2, -0.15) is 0 Å². The minimum Gasteiger partial charge on any atom is -0.495 e. The second-order valence-corrected chi connectivity index (χ2v) is 6.37. The molecule has 6 heteroatoms. The van der Waals surface area contributed by atoms with Crippen molar-refractivity contribution in [2.24, 2.45) is 0 Å². The largest absolute Gasteiger partial charge is 0.495 e. The molecule has 0 radical (unpaired) electrons. The van der Waals surface area contributed by atoms with Crippen molar-refractivity contribution in [1.82, 2.24) is 4.90 Å². The lowest BCUT2D eigenvalue weighted by Crippen LogP contribution is -2.38. The Labute approximate surface area is 160 Å². The van der Waals surface area contributed by atoms with Gasteiger partial charge in [0, 0.05) is 5.69 Å². The summed E-state index contributed by atoms with van der Waals surface area (Å²) in [5, 5.41) is 5.78. The highest BCUT2D eigenvalue weighted by Gasteiger charge is 2.15. The topological polar surface area (TPSA) is 70.7 Å². The van der Waals surface area contributed by atoms with Crippen LogP contribution in [-0.2, 0) is 9.59 Å². The summed E-state index contributed by atoms with van der Waals surface area (Å²) in [6.45, 7) is 6.68. The Kier molecular flexibility index (Phi) is 7.37. The first-order valence-electron chi connectivity index (χ1n) is 8.95. The van der Waals surface area contributed by atoms with Crippen LogP contribution in [0.2, 0.25) is 0 Å². The minimum atomic E-state index is -0.193. The number of hydrogen-bond donors (Lipinski definition) is 2. The average molecular weight is 369 g/mol. The Balaban J connectivity index is 1.94. The summed E-state index contributed by atoms with van der Waals surface area (Å²) in [6, 6.07) is 13.1. The third-order valence-corrected chi connectivity index (χ3v) is 4.31. The van der Waals surface area contributed by atoms with Crippen LogP contribution < -0.4 is 15.4 Å². The smallest absolute Gasteiger partial charge is 0.238 e. The van der Waals surface area contributed by atoms with Gasteiger partial charge in [-0.05, 0) is 43.7 Å². The number of anilines is 2. The SMILES string of the molecule is CCN(CC(=O)Nc1ccccc1OC)CC(=O)Nc1c(C)cccc1C. The van der Waals surface area contributed by atoms with E-state index in [1.807, 2.05) is 51.1 Å². The lowest BCUT2D eigenvalue weighted by atomic mass is 10.1. The fourth-order valence-electron chi connectivity index (χ4n) is 2.81. The van der Waals surface area contributed by atoms with Gasteiger partial charge in [-0.25, -0.2) is 0 Å². The number of amides is 2. The molecule has 0 spiro atoms. The van der Waals surface area contributed by atoms with Crippen LogP contribution in [0.1, 0.15) is 18.1 Å². The van der Waals surface area contributed by atoms with E-state index in [1.165, 1.54) is 0 Å². The highest BCUT2D eigenvalue weighted by atomic mass is 16.5. The zero-order valence-corrected chi connectivity index (χ0v) is 16.3. The van der Waals surface area contributed by atoms with Crippen LogP contribution in [0.4, 0.5) is 11.4 Å². The van der Waals surface area contributed by atoms with Crippen LogP contribution >= 0.6 is 0 Å². The molecule has 2 rings (SSSR count). The summed E-state index contributed by atoms with van der Waals surface area (Å²) in [7, 11) is 1.56. The summed E-state index contributed by atoms with van der Waals surface area (Å²) in [6.07, 6.45) is 0. The van der Waals surface area contributed by atoms with E-state index in [0.717, 1.165) is 16.8 Å². The summed E-state index contributed by atoms with van der Waals surface area (Å²) in [5.74, 6) is 0.266. The Hall–Kier alpha value is -2.86. The number of nitrogens with zero attached hydrogens (tertiary/aromatic N) is 1. The van der Waals surface area contributed by atoms with Gasteiger partial charge < -0.3 is 15.4 Å². The molecule has 0 heterocycles. The number of ether oxygens (including phenoxy) is 1. The van der Waals surface area contributed by atoms with E-state index in [0.29, 0.717) is 18.0 Å². The highest BCUT2D eigenvalue weighted by molar-refractivity contribution is 5.96. The second kappa shape index (κ2) is 9.73. The van der Waals surface area contributed by atoms with Gasteiger partial charge in [0.2, 0.25) is 11.8 Å². The summed E-state index contributed by atoms with van der Waals surface area (Å²) in [5.41, 5.74) is 3.47. The lowest BCUT2D eigenvalue weighted by molar-refractivity contribution is -0.119. The first-order chi connectivity index (χ1) is 12.9. The number of carbonyl (C=O) groups is 2. The molecule has 27 heavy (non-hydrogen) atoms. The number of nitrogens with one attached hydrogen (secondary N) is 2. The zero-order chi connectivity index (χ0) is 19.8. The van der Waals surface area contributed by atoms with Crippen molar-refractivity contribution in [2.75, 3.05) is 37.4 Å². The van der Waals surface area contributed by atoms with Crippen molar-refractivity contribution in [3.63, 3.8) is 0 Å². The second-order valence-electron chi connectivity index (χ2n) is 6.37. The molecule has 0 saturated heterocycles. The van der Waals surface area contributed by atoms with Gasteiger partial charge in [-0.1, -0.05) is 37.3 Å². The van der Waals surface area contributed by atoms with E-state index in [-0.39, 0.29) is 24.9 Å². The standard InChI is InChI=1S/C21H27N3O3/c1-5-24(13-19(25)22-17-11-6-7-12-18(17)27-4)14-20(26)23-21-15(2)9-8-10-16(21)3/h6-12H,5,13-14H2,1-4H3,(H,22,25)(H,23,26). The molecule has 0 fully saturated rings. The predicted octanol–water partition coefficient (Wildman–Crippen LogP) is 3.21. The molecule has 2 aromatic carbocycles. The van der Waals surface area contributed by atoms with E-state index >= 15 is 0 Å². The van der Waals surface area contributed by atoms with Gasteiger partial charge in [0.05, 0.1) is 25.9 Å². The molecule has 2 amide bonds. The maximum absolute atomic E-state index is 12.4. The zero-order valence-electron chi connectivity index (χ0n) is 16.3. The Morgan fingerprint density at radius 2 is 1.52 bits per heavy atom. The van der Waals surface area contributed by atoms with Crippen LogP contribution in [0.15, 0.2) is 42.5 Å². The molecular weight excluding hydrogens is 342 g/mol. The number of carbonyl (C=O) groups excluding carboxylic acids is 2. The van der Waals surface area contributed by atoms with Gasteiger partial charge in [-0.15, -0.1) is 0 Å². The number of para-hydroxylation sites is 3. The number of methoxy groups -OCH3 is 1. The summed E-state index contributed by atoms with van der Waals surface area (Å²) < 4.78 is 5.24. The Morgan fingerprint density at radius 3 is 2.11 bits per heavy atom. The van der Waals surface area contributed by atoms with E-state index in [9.17, 15) is 9.59 Å². The molecule has 0 atom stereocenters. The maximum Gasteiger partial charge on any atom is 0.238 e. The molecule has 0 bridgehead atoms. The third kappa shape index (κ3) is 5.82. The van der Waals surface area contributed by atoms with Crippen LogP contribution in [-0.4, -0.2) is 43.5 Å². The maximum atomic E-state index is 12.4. The first kappa shape index (κ1) is 20.5. The minimum absolute atomic E-state index is 0.120. The van der Waals surface area contributed by atoms with Crippen molar-refractivity contribution >= 4 is 23.2 Å². The molecule has 2 aromatic rings. The lowest BCUT2D eigenvalue weighted by Gasteiger charge is -2.20. The quantitative estimate of drug-likeness (QED) is 0.750. The fraction of sp³-hybridized carbons (Fsp3) is 0.333. The van der Waals surface area contributed by atoms with Crippen LogP contribution in [0.25, 0.3) is 0 Å². The van der Waals surface area contributed by atoms with Crippen LogP contribution in [0.3, 0.4) is 0 Å². The van der Waals surface area contributed by atoms with E-state index in [4.69, 9.17) is 4.74 Å². The molecule has 0 aliphatic heterocycles. The first-order valence-corrected chi connectivity index (χ1v) is 8.95. The normalized spacial score (nSPS) is 10.6. The van der Waals surface area contributed by atoms with Gasteiger partial charge in [-0.3, -0.25) is 14.5 Å². The fourth-order valence-corrected chi connectivity index (χ4v) is 2.81.